The van der Waals surface area contributed by atoms with Crippen LogP contribution >= 0.6 is 11.3 Å². The molecule has 2 unspecified atom stereocenters. The van der Waals surface area contributed by atoms with Gasteiger partial charge >= 0.3 is 5.97 Å². The Balaban J connectivity index is 1.62. The highest BCUT2D eigenvalue weighted by Crippen LogP contribution is 2.40. The Hall–Kier alpha value is -2.15. The highest BCUT2D eigenvalue weighted by Gasteiger charge is 2.36. The smallest absolute Gasteiger partial charge is 0.307 e. The lowest BCUT2D eigenvalue weighted by molar-refractivity contribution is -0.146. The number of allylic oxidation sites excluding steroid dienone is 2. The summed E-state index contributed by atoms with van der Waals surface area (Å²) in [6, 6.07) is 0. The van der Waals surface area contributed by atoms with Gasteiger partial charge in [0.05, 0.1) is 17.4 Å². The highest BCUT2D eigenvalue weighted by molar-refractivity contribution is 7.17. The lowest BCUT2D eigenvalue weighted by Crippen LogP contribution is -2.37. The first-order valence-corrected chi connectivity index (χ1v) is 11.5. The molecule has 0 bridgehead atoms. The molecule has 0 saturated carbocycles. The van der Waals surface area contributed by atoms with E-state index in [1.165, 1.54) is 16.2 Å². The number of aliphatic carboxylic acids is 1. The molecule has 1 aliphatic heterocycles. The molecule has 3 aliphatic rings. The van der Waals surface area contributed by atoms with Gasteiger partial charge in [0.1, 0.15) is 5.00 Å². The maximum atomic E-state index is 13.4. The van der Waals surface area contributed by atoms with Crippen molar-refractivity contribution in [2.24, 2.45) is 11.8 Å². The van der Waals surface area contributed by atoms with Gasteiger partial charge in [0.25, 0.3) is 5.91 Å². The highest BCUT2D eigenvalue weighted by atomic mass is 32.1. The van der Waals surface area contributed by atoms with Crippen LogP contribution in [0.4, 0.5) is 5.00 Å². The first-order chi connectivity index (χ1) is 14.1. The van der Waals surface area contributed by atoms with Gasteiger partial charge in [0.2, 0.25) is 5.91 Å². The molecule has 29 heavy (non-hydrogen) atoms. The number of anilines is 1. The zero-order valence-electron chi connectivity index (χ0n) is 16.6. The van der Waals surface area contributed by atoms with Crippen molar-refractivity contribution in [3.8, 4) is 0 Å². The van der Waals surface area contributed by atoms with E-state index in [1.54, 1.807) is 0 Å². The Morgan fingerprint density at radius 2 is 1.66 bits per heavy atom. The Labute approximate surface area is 175 Å². The van der Waals surface area contributed by atoms with Crippen molar-refractivity contribution >= 4 is 34.1 Å². The van der Waals surface area contributed by atoms with E-state index in [4.69, 9.17) is 0 Å². The number of aryl methyl sites for hydroxylation is 1. The number of hydrogen-bond donors (Lipinski definition) is 2. The number of rotatable bonds is 4. The van der Waals surface area contributed by atoms with Crippen molar-refractivity contribution < 1.29 is 19.5 Å². The monoisotopic (exact) mass is 416 g/mol. The predicted molar refractivity (Wildman–Crippen MR) is 112 cm³/mol. The van der Waals surface area contributed by atoms with Gasteiger partial charge in [0.15, 0.2) is 0 Å². The molecule has 0 radical (unpaired) electrons. The molecule has 2 atom stereocenters. The summed E-state index contributed by atoms with van der Waals surface area (Å²) in [5.74, 6) is -2.51. The molecule has 1 aromatic rings. The van der Waals surface area contributed by atoms with E-state index in [1.807, 2.05) is 17.1 Å². The number of carbonyl (C=O) groups is 3. The number of piperidine rings is 1. The van der Waals surface area contributed by atoms with Gasteiger partial charge in [-0.3, -0.25) is 14.4 Å². The van der Waals surface area contributed by atoms with Gasteiger partial charge in [-0.2, -0.15) is 0 Å². The zero-order chi connectivity index (χ0) is 20.4. The van der Waals surface area contributed by atoms with E-state index in [-0.39, 0.29) is 11.8 Å². The summed E-state index contributed by atoms with van der Waals surface area (Å²) in [7, 11) is 0. The molecule has 6 nitrogen and oxygen atoms in total. The SMILES string of the molecule is O=C(O)C1CC=CCC1C(=O)Nc1sc2c(c1C(=O)N1CCCCC1)CCCC2. The largest absolute Gasteiger partial charge is 0.481 e. The molecule has 2 heterocycles. The predicted octanol–water partition coefficient (Wildman–Crippen LogP) is 3.86. The number of likely N-dealkylation sites (tertiary alicyclic amines) is 1. The number of carbonyl (C=O) groups excluding carboxylic acids is 2. The molecule has 1 aromatic heterocycles. The van der Waals surface area contributed by atoms with Gasteiger partial charge in [-0.05, 0) is 63.4 Å². The number of carboxylic acids is 1. The summed E-state index contributed by atoms with van der Waals surface area (Å²) in [4.78, 5) is 41.1. The van der Waals surface area contributed by atoms with Crippen LogP contribution in [-0.2, 0) is 22.4 Å². The van der Waals surface area contributed by atoms with Crippen molar-refractivity contribution in [2.45, 2.75) is 57.8 Å². The number of hydrogen-bond acceptors (Lipinski definition) is 4. The van der Waals surface area contributed by atoms with Crippen molar-refractivity contribution in [1.82, 2.24) is 4.90 Å². The van der Waals surface area contributed by atoms with E-state index in [0.29, 0.717) is 23.4 Å². The van der Waals surface area contributed by atoms with E-state index in [2.05, 4.69) is 5.32 Å². The number of carboxylic acid groups (broad SMARTS) is 1. The fourth-order valence-electron chi connectivity index (χ4n) is 4.72. The molecule has 4 rings (SSSR count). The van der Waals surface area contributed by atoms with E-state index in [0.717, 1.165) is 63.6 Å². The van der Waals surface area contributed by atoms with Crippen molar-refractivity contribution in [1.29, 1.82) is 0 Å². The molecule has 0 aromatic carbocycles. The lowest BCUT2D eigenvalue weighted by Gasteiger charge is -2.28. The summed E-state index contributed by atoms with van der Waals surface area (Å²) >= 11 is 1.51. The van der Waals surface area contributed by atoms with Gasteiger partial charge in [-0.25, -0.2) is 0 Å². The molecular formula is C22H28N2O4S. The fraction of sp³-hybridized carbons (Fsp3) is 0.591. The first-order valence-electron chi connectivity index (χ1n) is 10.7. The topological polar surface area (TPSA) is 86.7 Å². The van der Waals surface area contributed by atoms with Crippen molar-refractivity contribution in [3.05, 3.63) is 28.2 Å². The van der Waals surface area contributed by atoms with Crippen LogP contribution in [0.3, 0.4) is 0 Å². The van der Waals surface area contributed by atoms with Crippen molar-refractivity contribution in [3.63, 3.8) is 0 Å². The van der Waals surface area contributed by atoms with E-state index in [9.17, 15) is 19.5 Å². The van der Waals surface area contributed by atoms with Gasteiger partial charge < -0.3 is 15.3 Å². The maximum Gasteiger partial charge on any atom is 0.307 e. The summed E-state index contributed by atoms with van der Waals surface area (Å²) in [5.41, 5.74) is 1.77. The Kier molecular flexibility index (Phi) is 6.04. The second-order valence-electron chi connectivity index (χ2n) is 8.25. The van der Waals surface area contributed by atoms with Crippen LogP contribution in [0.5, 0.6) is 0 Å². The third kappa shape index (κ3) is 4.10. The normalized spacial score (nSPS) is 24.1. The average Bonchev–Trinajstić information content (AvgIpc) is 3.11. The number of thiophene rings is 1. The Bertz CT molecular complexity index is 838. The number of nitrogens with one attached hydrogen (secondary N) is 1. The minimum Gasteiger partial charge on any atom is -0.481 e. The van der Waals surface area contributed by atoms with Crippen LogP contribution in [0.25, 0.3) is 0 Å². The second kappa shape index (κ2) is 8.69. The van der Waals surface area contributed by atoms with Crippen LogP contribution in [0.2, 0.25) is 0 Å². The second-order valence-corrected chi connectivity index (χ2v) is 9.36. The van der Waals surface area contributed by atoms with Gasteiger partial charge in [-0.1, -0.05) is 12.2 Å². The van der Waals surface area contributed by atoms with Crippen LogP contribution in [0.1, 0.15) is 65.7 Å². The molecule has 156 valence electrons. The van der Waals surface area contributed by atoms with Crippen LogP contribution < -0.4 is 5.32 Å². The zero-order valence-corrected chi connectivity index (χ0v) is 17.4. The minimum atomic E-state index is -0.940. The quantitative estimate of drug-likeness (QED) is 0.730. The summed E-state index contributed by atoms with van der Waals surface area (Å²) in [6.45, 7) is 1.54. The lowest BCUT2D eigenvalue weighted by atomic mass is 9.82. The molecule has 7 heteroatoms. The molecule has 2 amide bonds. The molecule has 0 spiro atoms. The summed E-state index contributed by atoms with van der Waals surface area (Å²) in [6.07, 6.45) is 11.7. The Morgan fingerprint density at radius 1 is 0.966 bits per heavy atom. The average molecular weight is 417 g/mol. The van der Waals surface area contributed by atoms with Crippen LogP contribution in [0.15, 0.2) is 12.2 Å². The Morgan fingerprint density at radius 3 is 2.38 bits per heavy atom. The first kappa shape index (κ1) is 20.1. The number of nitrogens with zero attached hydrogens (tertiary/aromatic N) is 1. The third-order valence-electron chi connectivity index (χ3n) is 6.35. The third-order valence-corrected chi connectivity index (χ3v) is 7.56. The molecule has 1 fully saturated rings. The van der Waals surface area contributed by atoms with E-state index < -0.39 is 17.8 Å². The van der Waals surface area contributed by atoms with Gasteiger partial charge in [0, 0.05) is 18.0 Å². The van der Waals surface area contributed by atoms with E-state index >= 15 is 0 Å². The molecule has 2 N–H and O–H groups in total. The summed E-state index contributed by atoms with van der Waals surface area (Å²) < 4.78 is 0. The number of amides is 2. The molecule has 2 aliphatic carbocycles. The molecular weight excluding hydrogens is 388 g/mol. The molecule has 1 saturated heterocycles. The van der Waals surface area contributed by atoms with Crippen LogP contribution in [0, 0.1) is 11.8 Å². The fourth-order valence-corrected chi connectivity index (χ4v) is 6.00. The van der Waals surface area contributed by atoms with Gasteiger partial charge in [-0.15, -0.1) is 11.3 Å². The standard InChI is InChI=1S/C22H28N2O4S/c25-19(14-8-2-3-9-15(14)22(27)28)23-20-18(16-10-4-5-11-17(16)29-20)21(26)24-12-6-1-7-13-24/h2-3,14-15H,1,4-13H2,(H,23,25)(H,27,28). The number of fused-ring (bicyclic) bond motifs is 1. The van der Waals surface area contributed by atoms with Crippen molar-refractivity contribution in [2.75, 3.05) is 18.4 Å². The summed E-state index contributed by atoms with van der Waals surface area (Å²) in [5, 5.41) is 13.1. The maximum absolute atomic E-state index is 13.4. The van der Waals surface area contributed by atoms with Crippen LogP contribution in [-0.4, -0.2) is 40.9 Å². The minimum absolute atomic E-state index is 0.0257.